The molecule has 20 heavy (non-hydrogen) atoms. The van der Waals surface area contributed by atoms with Crippen molar-refractivity contribution in [2.24, 2.45) is 5.41 Å². The van der Waals surface area contributed by atoms with Crippen LogP contribution >= 0.6 is 0 Å². The van der Waals surface area contributed by atoms with E-state index in [1.54, 1.807) is 12.1 Å². The van der Waals surface area contributed by atoms with E-state index in [-0.39, 0.29) is 11.1 Å². The maximum atomic E-state index is 10.7. The first-order valence-electron chi connectivity index (χ1n) is 6.64. The maximum Gasteiger partial charge on any atom is 0.270 e. The molecule has 1 aromatic heterocycles. The lowest BCUT2D eigenvalue weighted by Crippen LogP contribution is -2.13. The molecule has 106 valence electrons. The molecular weight excluding hydrogens is 254 g/mol. The number of rotatable bonds is 4. The average molecular weight is 273 g/mol. The number of benzene rings is 1. The molecule has 2 aromatic rings. The SMILES string of the molecule is CC(C)(C)CCNc1ccc2cc([N+](=O)[O-])ccc2n1. The van der Waals surface area contributed by atoms with Crippen molar-refractivity contribution >= 4 is 22.4 Å². The van der Waals surface area contributed by atoms with E-state index >= 15 is 0 Å². The Kier molecular flexibility index (Phi) is 3.88. The average Bonchev–Trinajstić information content (AvgIpc) is 2.36. The molecule has 0 unspecified atom stereocenters. The van der Waals surface area contributed by atoms with Gasteiger partial charge in [-0.2, -0.15) is 0 Å². The number of aromatic nitrogens is 1. The first-order chi connectivity index (χ1) is 9.35. The van der Waals surface area contributed by atoms with Crippen molar-refractivity contribution in [3.05, 3.63) is 40.4 Å². The number of hydrogen-bond donors (Lipinski definition) is 1. The maximum absolute atomic E-state index is 10.7. The van der Waals surface area contributed by atoms with Gasteiger partial charge in [-0.1, -0.05) is 20.8 Å². The van der Waals surface area contributed by atoms with E-state index in [0.29, 0.717) is 0 Å². The number of non-ortho nitro benzene ring substituents is 1. The van der Waals surface area contributed by atoms with Gasteiger partial charge in [0.2, 0.25) is 0 Å². The van der Waals surface area contributed by atoms with Gasteiger partial charge >= 0.3 is 0 Å². The number of anilines is 1. The van der Waals surface area contributed by atoms with E-state index < -0.39 is 4.92 Å². The Bertz CT molecular complexity index is 633. The highest BCUT2D eigenvalue weighted by Gasteiger charge is 2.10. The molecule has 0 spiro atoms. The van der Waals surface area contributed by atoms with Crippen LogP contribution in [0.1, 0.15) is 27.2 Å². The number of fused-ring (bicyclic) bond motifs is 1. The van der Waals surface area contributed by atoms with Gasteiger partial charge in [0.1, 0.15) is 5.82 Å². The summed E-state index contributed by atoms with van der Waals surface area (Å²) in [5.41, 5.74) is 1.13. The molecule has 5 nitrogen and oxygen atoms in total. The second kappa shape index (κ2) is 5.45. The quantitative estimate of drug-likeness (QED) is 0.675. The van der Waals surface area contributed by atoms with Gasteiger partial charge in [0.05, 0.1) is 10.4 Å². The van der Waals surface area contributed by atoms with Gasteiger partial charge in [-0.05, 0) is 30.0 Å². The third kappa shape index (κ3) is 3.66. The number of nitrogens with zero attached hydrogens (tertiary/aromatic N) is 2. The summed E-state index contributed by atoms with van der Waals surface area (Å²) in [6.07, 6.45) is 1.05. The molecule has 2 rings (SSSR count). The molecule has 0 saturated carbocycles. The predicted octanol–water partition coefficient (Wildman–Crippen LogP) is 3.99. The molecule has 1 heterocycles. The monoisotopic (exact) mass is 273 g/mol. The first kappa shape index (κ1) is 14.2. The van der Waals surface area contributed by atoms with Crippen LogP contribution in [0.2, 0.25) is 0 Å². The molecule has 1 N–H and O–H groups in total. The van der Waals surface area contributed by atoms with E-state index in [1.807, 2.05) is 12.1 Å². The normalized spacial score (nSPS) is 11.6. The lowest BCUT2D eigenvalue weighted by molar-refractivity contribution is -0.384. The minimum absolute atomic E-state index is 0.0905. The highest BCUT2D eigenvalue weighted by molar-refractivity contribution is 5.82. The van der Waals surface area contributed by atoms with Crippen LogP contribution in [0.5, 0.6) is 0 Å². The number of nitrogens with one attached hydrogen (secondary N) is 1. The van der Waals surface area contributed by atoms with Gasteiger partial charge in [0.25, 0.3) is 5.69 Å². The lowest BCUT2D eigenvalue weighted by Gasteiger charge is -2.18. The predicted molar refractivity (Wildman–Crippen MR) is 81.0 cm³/mol. The van der Waals surface area contributed by atoms with E-state index in [0.717, 1.165) is 29.7 Å². The fraction of sp³-hybridized carbons (Fsp3) is 0.400. The van der Waals surface area contributed by atoms with Crippen LogP contribution in [0.4, 0.5) is 11.5 Å². The molecule has 0 fully saturated rings. The van der Waals surface area contributed by atoms with Crippen molar-refractivity contribution in [2.75, 3.05) is 11.9 Å². The van der Waals surface area contributed by atoms with Gasteiger partial charge in [0, 0.05) is 24.1 Å². The van der Waals surface area contributed by atoms with Crippen molar-refractivity contribution in [1.82, 2.24) is 4.98 Å². The fourth-order valence-electron chi connectivity index (χ4n) is 1.89. The summed E-state index contributed by atoms with van der Waals surface area (Å²) in [6.45, 7) is 7.44. The second-order valence-electron chi connectivity index (χ2n) is 6.07. The number of pyridine rings is 1. The smallest absolute Gasteiger partial charge is 0.270 e. The fourth-order valence-corrected chi connectivity index (χ4v) is 1.89. The Hall–Kier alpha value is -2.17. The Labute approximate surface area is 118 Å². The van der Waals surface area contributed by atoms with Gasteiger partial charge < -0.3 is 5.32 Å². The molecule has 0 aliphatic heterocycles. The van der Waals surface area contributed by atoms with Crippen LogP contribution in [-0.4, -0.2) is 16.5 Å². The summed E-state index contributed by atoms with van der Waals surface area (Å²) in [5.74, 6) is 0.801. The molecule has 0 atom stereocenters. The molecule has 0 amide bonds. The Morgan fingerprint density at radius 3 is 2.65 bits per heavy atom. The Morgan fingerprint density at radius 2 is 2.00 bits per heavy atom. The summed E-state index contributed by atoms with van der Waals surface area (Å²) in [6, 6.07) is 8.42. The third-order valence-electron chi connectivity index (χ3n) is 3.06. The summed E-state index contributed by atoms with van der Waals surface area (Å²) < 4.78 is 0. The van der Waals surface area contributed by atoms with Crippen LogP contribution in [0.25, 0.3) is 10.9 Å². The molecule has 0 saturated heterocycles. The largest absolute Gasteiger partial charge is 0.370 e. The standard InChI is InChI=1S/C15H19N3O2/c1-15(2,3)8-9-16-14-7-4-11-10-12(18(19)20)5-6-13(11)17-14/h4-7,10H,8-9H2,1-3H3,(H,16,17). The number of nitro benzene ring substituents is 1. The highest BCUT2D eigenvalue weighted by atomic mass is 16.6. The zero-order valence-corrected chi connectivity index (χ0v) is 12.0. The van der Waals surface area contributed by atoms with E-state index in [9.17, 15) is 10.1 Å². The minimum Gasteiger partial charge on any atom is -0.370 e. The van der Waals surface area contributed by atoms with Crippen LogP contribution in [0.15, 0.2) is 30.3 Å². The van der Waals surface area contributed by atoms with Crippen molar-refractivity contribution in [2.45, 2.75) is 27.2 Å². The van der Waals surface area contributed by atoms with Gasteiger partial charge in [-0.25, -0.2) is 4.98 Å². The van der Waals surface area contributed by atoms with Crippen molar-refractivity contribution < 1.29 is 4.92 Å². The summed E-state index contributed by atoms with van der Waals surface area (Å²) in [4.78, 5) is 14.8. The summed E-state index contributed by atoms with van der Waals surface area (Å²) in [7, 11) is 0. The van der Waals surface area contributed by atoms with Crippen molar-refractivity contribution in [3.8, 4) is 0 Å². The molecular formula is C15H19N3O2. The van der Waals surface area contributed by atoms with Crippen molar-refractivity contribution in [1.29, 1.82) is 0 Å². The number of nitro groups is 1. The van der Waals surface area contributed by atoms with Gasteiger partial charge in [0.15, 0.2) is 0 Å². The van der Waals surface area contributed by atoms with Crippen LogP contribution in [-0.2, 0) is 0 Å². The molecule has 5 heteroatoms. The Balaban J connectivity index is 2.14. The van der Waals surface area contributed by atoms with Gasteiger partial charge in [-0.3, -0.25) is 10.1 Å². The van der Waals surface area contributed by atoms with Gasteiger partial charge in [-0.15, -0.1) is 0 Å². The van der Waals surface area contributed by atoms with Crippen LogP contribution in [0, 0.1) is 15.5 Å². The Morgan fingerprint density at radius 1 is 1.25 bits per heavy atom. The summed E-state index contributed by atoms with van der Waals surface area (Å²) >= 11 is 0. The van der Waals surface area contributed by atoms with Crippen LogP contribution < -0.4 is 5.32 Å². The highest BCUT2D eigenvalue weighted by Crippen LogP contribution is 2.22. The number of hydrogen-bond acceptors (Lipinski definition) is 4. The molecule has 0 bridgehead atoms. The summed E-state index contributed by atoms with van der Waals surface area (Å²) in [5, 5.41) is 14.8. The zero-order valence-electron chi connectivity index (χ0n) is 12.0. The van der Waals surface area contributed by atoms with E-state index in [4.69, 9.17) is 0 Å². The topological polar surface area (TPSA) is 68.1 Å². The first-order valence-corrected chi connectivity index (χ1v) is 6.64. The zero-order chi connectivity index (χ0) is 14.8. The van der Waals surface area contributed by atoms with Crippen molar-refractivity contribution in [3.63, 3.8) is 0 Å². The second-order valence-corrected chi connectivity index (χ2v) is 6.07. The molecule has 0 aliphatic rings. The van der Waals surface area contributed by atoms with E-state index in [1.165, 1.54) is 6.07 Å². The molecule has 0 radical (unpaired) electrons. The van der Waals surface area contributed by atoms with E-state index in [2.05, 4.69) is 31.1 Å². The third-order valence-corrected chi connectivity index (χ3v) is 3.06. The molecule has 1 aromatic carbocycles. The lowest BCUT2D eigenvalue weighted by atomic mass is 9.92. The minimum atomic E-state index is -0.394. The molecule has 0 aliphatic carbocycles. The van der Waals surface area contributed by atoms with Crippen LogP contribution in [0.3, 0.4) is 0 Å².